The van der Waals surface area contributed by atoms with Crippen LogP contribution in [0, 0.1) is 17.8 Å². The second-order valence-corrected chi connectivity index (χ2v) is 5.14. The van der Waals surface area contributed by atoms with Crippen LogP contribution in [0.3, 0.4) is 0 Å². The first-order chi connectivity index (χ1) is 7.95. The van der Waals surface area contributed by atoms with Crippen LogP contribution in [0.5, 0.6) is 0 Å². The maximum absolute atomic E-state index is 12.0. The van der Waals surface area contributed by atoms with Crippen LogP contribution in [0.1, 0.15) is 40.0 Å². The number of rotatable bonds is 3. The molecule has 0 amide bonds. The van der Waals surface area contributed by atoms with Gasteiger partial charge in [-0.1, -0.05) is 6.92 Å². The Hall–Kier alpha value is -1.06. The van der Waals surface area contributed by atoms with Gasteiger partial charge in [0, 0.05) is 0 Å². The molecule has 0 saturated heterocycles. The minimum atomic E-state index is -0.339. The molecule has 0 heterocycles. The highest BCUT2D eigenvalue weighted by Gasteiger charge is 2.39. The van der Waals surface area contributed by atoms with Crippen molar-refractivity contribution in [1.29, 1.82) is 0 Å². The molecule has 0 aromatic carbocycles. The van der Waals surface area contributed by atoms with Crippen LogP contribution in [0.15, 0.2) is 0 Å². The molecule has 1 aliphatic rings. The Morgan fingerprint density at radius 3 is 2.29 bits per heavy atom. The summed E-state index contributed by atoms with van der Waals surface area (Å²) in [6, 6.07) is 0. The highest BCUT2D eigenvalue weighted by molar-refractivity contribution is 5.82. The first kappa shape index (κ1) is 14.0. The SMILES string of the molecule is COC(=O)C1CCC(C)CC1C(=O)OC(C)C. The van der Waals surface area contributed by atoms with Gasteiger partial charge in [0.25, 0.3) is 0 Å². The standard InChI is InChI=1S/C13H22O4/c1-8(2)17-13(15)11-7-9(3)5-6-10(11)12(14)16-4/h8-11H,5-7H2,1-4H3. The van der Waals surface area contributed by atoms with E-state index < -0.39 is 0 Å². The van der Waals surface area contributed by atoms with Crippen molar-refractivity contribution in [2.45, 2.75) is 46.1 Å². The van der Waals surface area contributed by atoms with E-state index in [-0.39, 0.29) is 29.9 Å². The number of carbonyl (C=O) groups excluding carboxylic acids is 2. The summed E-state index contributed by atoms with van der Waals surface area (Å²) in [5, 5.41) is 0. The molecule has 0 aliphatic heterocycles. The van der Waals surface area contributed by atoms with E-state index in [0.717, 1.165) is 6.42 Å². The average Bonchev–Trinajstić information content (AvgIpc) is 2.27. The van der Waals surface area contributed by atoms with Crippen LogP contribution < -0.4 is 0 Å². The monoisotopic (exact) mass is 242 g/mol. The molecular formula is C13H22O4. The fourth-order valence-corrected chi connectivity index (χ4v) is 2.39. The van der Waals surface area contributed by atoms with Gasteiger partial charge in [0.15, 0.2) is 0 Å². The normalized spacial score (nSPS) is 28.9. The van der Waals surface area contributed by atoms with Gasteiger partial charge in [0.2, 0.25) is 0 Å². The lowest BCUT2D eigenvalue weighted by Gasteiger charge is -2.31. The van der Waals surface area contributed by atoms with Crippen LogP contribution in [0.2, 0.25) is 0 Å². The smallest absolute Gasteiger partial charge is 0.310 e. The second kappa shape index (κ2) is 6.03. The molecule has 0 N–H and O–H groups in total. The summed E-state index contributed by atoms with van der Waals surface area (Å²) in [5.41, 5.74) is 0. The van der Waals surface area contributed by atoms with Gasteiger partial charge in [-0.2, -0.15) is 0 Å². The van der Waals surface area contributed by atoms with Gasteiger partial charge in [-0.3, -0.25) is 9.59 Å². The maximum atomic E-state index is 12.0. The highest BCUT2D eigenvalue weighted by atomic mass is 16.5. The van der Waals surface area contributed by atoms with Gasteiger partial charge in [-0.15, -0.1) is 0 Å². The van der Waals surface area contributed by atoms with E-state index in [1.807, 2.05) is 13.8 Å². The van der Waals surface area contributed by atoms with Crippen molar-refractivity contribution in [2.75, 3.05) is 7.11 Å². The van der Waals surface area contributed by atoms with Crippen LogP contribution in [-0.4, -0.2) is 25.2 Å². The van der Waals surface area contributed by atoms with Gasteiger partial charge < -0.3 is 9.47 Å². The summed E-state index contributed by atoms with van der Waals surface area (Å²) >= 11 is 0. The Kier molecular flexibility index (Phi) is 4.97. The molecule has 17 heavy (non-hydrogen) atoms. The average molecular weight is 242 g/mol. The topological polar surface area (TPSA) is 52.6 Å². The van der Waals surface area contributed by atoms with Crippen LogP contribution in [0.4, 0.5) is 0 Å². The fraction of sp³-hybridized carbons (Fsp3) is 0.846. The molecule has 1 rings (SSSR count). The van der Waals surface area contributed by atoms with Crippen molar-refractivity contribution >= 4 is 11.9 Å². The van der Waals surface area contributed by atoms with Crippen molar-refractivity contribution in [2.24, 2.45) is 17.8 Å². The van der Waals surface area contributed by atoms with E-state index in [1.165, 1.54) is 7.11 Å². The third kappa shape index (κ3) is 3.72. The number of methoxy groups -OCH3 is 1. The molecule has 3 unspecified atom stereocenters. The zero-order valence-corrected chi connectivity index (χ0v) is 11.1. The van der Waals surface area contributed by atoms with E-state index in [1.54, 1.807) is 0 Å². The number of hydrogen-bond donors (Lipinski definition) is 0. The molecule has 4 nitrogen and oxygen atoms in total. The number of carbonyl (C=O) groups is 2. The molecule has 0 aromatic heterocycles. The van der Waals surface area contributed by atoms with E-state index >= 15 is 0 Å². The molecule has 0 aromatic rings. The summed E-state index contributed by atoms with van der Waals surface area (Å²) in [4.78, 5) is 23.6. The molecular weight excluding hydrogens is 220 g/mol. The predicted octanol–water partition coefficient (Wildman–Crippen LogP) is 2.16. The molecule has 1 aliphatic carbocycles. The predicted molar refractivity (Wildman–Crippen MR) is 63.2 cm³/mol. The number of ether oxygens (including phenoxy) is 2. The lowest BCUT2D eigenvalue weighted by Crippen LogP contribution is -2.37. The van der Waals surface area contributed by atoms with Crippen LogP contribution in [-0.2, 0) is 19.1 Å². The molecule has 1 fully saturated rings. The number of esters is 2. The van der Waals surface area contributed by atoms with E-state index in [9.17, 15) is 9.59 Å². The molecule has 1 saturated carbocycles. The van der Waals surface area contributed by atoms with Crippen LogP contribution >= 0.6 is 0 Å². The van der Waals surface area contributed by atoms with Crippen LogP contribution in [0.25, 0.3) is 0 Å². The minimum Gasteiger partial charge on any atom is -0.469 e. The van der Waals surface area contributed by atoms with Gasteiger partial charge in [0.05, 0.1) is 25.0 Å². The summed E-state index contributed by atoms with van der Waals surface area (Å²) in [7, 11) is 1.37. The van der Waals surface area contributed by atoms with Crippen molar-refractivity contribution in [3.63, 3.8) is 0 Å². The molecule has 98 valence electrons. The van der Waals surface area contributed by atoms with E-state index in [2.05, 4.69) is 6.92 Å². The highest BCUT2D eigenvalue weighted by Crippen LogP contribution is 2.35. The third-order valence-corrected chi connectivity index (χ3v) is 3.27. The maximum Gasteiger partial charge on any atom is 0.310 e. The van der Waals surface area contributed by atoms with Gasteiger partial charge >= 0.3 is 11.9 Å². The minimum absolute atomic E-state index is 0.141. The van der Waals surface area contributed by atoms with Crippen molar-refractivity contribution in [3.05, 3.63) is 0 Å². The van der Waals surface area contributed by atoms with E-state index in [4.69, 9.17) is 9.47 Å². The van der Waals surface area contributed by atoms with Gasteiger partial charge in [0.1, 0.15) is 0 Å². The quantitative estimate of drug-likeness (QED) is 0.712. The zero-order chi connectivity index (χ0) is 13.0. The van der Waals surface area contributed by atoms with Crippen molar-refractivity contribution < 1.29 is 19.1 Å². The third-order valence-electron chi connectivity index (χ3n) is 3.27. The van der Waals surface area contributed by atoms with Crippen molar-refractivity contribution in [1.82, 2.24) is 0 Å². The molecule has 0 radical (unpaired) electrons. The number of hydrogen-bond acceptors (Lipinski definition) is 4. The second-order valence-electron chi connectivity index (χ2n) is 5.14. The summed E-state index contributed by atoms with van der Waals surface area (Å²) in [5.74, 6) is -0.763. The first-order valence-electron chi connectivity index (χ1n) is 6.24. The molecule has 0 spiro atoms. The van der Waals surface area contributed by atoms with E-state index in [0.29, 0.717) is 18.8 Å². The summed E-state index contributed by atoms with van der Waals surface area (Å²) < 4.78 is 9.98. The lowest BCUT2D eigenvalue weighted by atomic mass is 9.74. The zero-order valence-electron chi connectivity index (χ0n) is 11.1. The lowest BCUT2D eigenvalue weighted by molar-refractivity contribution is -0.164. The Balaban J connectivity index is 2.74. The Labute approximate surface area is 103 Å². The molecule has 3 atom stereocenters. The van der Waals surface area contributed by atoms with Gasteiger partial charge in [-0.05, 0) is 39.0 Å². The first-order valence-corrected chi connectivity index (χ1v) is 6.24. The fourth-order valence-electron chi connectivity index (χ4n) is 2.39. The van der Waals surface area contributed by atoms with Gasteiger partial charge in [-0.25, -0.2) is 0 Å². The Bertz CT molecular complexity index is 285. The Morgan fingerprint density at radius 2 is 1.76 bits per heavy atom. The molecule has 4 heteroatoms. The molecule has 0 bridgehead atoms. The van der Waals surface area contributed by atoms with Crippen molar-refractivity contribution in [3.8, 4) is 0 Å². The summed E-state index contributed by atoms with van der Waals surface area (Å²) in [6.07, 6.45) is 2.25. The summed E-state index contributed by atoms with van der Waals surface area (Å²) in [6.45, 7) is 5.73. The largest absolute Gasteiger partial charge is 0.469 e. The Morgan fingerprint density at radius 1 is 1.12 bits per heavy atom.